The van der Waals surface area contributed by atoms with Crippen molar-refractivity contribution >= 4 is 54.6 Å². The molecule has 0 aliphatic carbocycles. The fraction of sp³-hybridized carbons (Fsp3) is 0.333. The third-order valence-corrected chi connectivity index (χ3v) is 14.2. The van der Waals surface area contributed by atoms with Crippen molar-refractivity contribution in [3.05, 3.63) is 119 Å². The van der Waals surface area contributed by atoms with E-state index in [0.717, 1.165) is 11.1 Å². The number of hydrogen-bond donors (Lipinski definition) is 0. The largest absolute Gasteiger partial charge is 0.223 e. The first-order chi connectivity index (χ1) is 21.0. The molecule has 4 aromatic rings. The zero-order valence-electron chi connectivity index (χ0n) is 26.4. The molecule has 0 spiro atoms. The molecule has 0 saturated heterocycles. The lowest BCUT2D eigenvalue weighted by Gasteiger charge is -2.26. The van der Waals surface area contributed by atoms with Crippen LogP contribution in [0.4, 0.5) is 0 Å². The van der Waals surface area contributed by atoms with Crippen LogP contribution in [-0.4, -0.2) is 28.6 Å². The monoisotopic (exact) mass is 702 g/mol. The quantitative estimate of drug-likeness (QED) is 0.154. The number of benzene rings is 4. The van der Waals surface area contributed by atoms with E-state index in [-0.39, 0.29) is 32.4 Å². The molecule has 0 saturated carbocycles. The predicted octanol–water partition coefficient (Wildman–Crippen LogP) is 9.94. The molecule has 0 aliphatic heterocycles. The van der Waals surface area contributed by atoms with Gasteiger partial charge in [-0.1, -0.05) is 114 Å². The first-order valence-corrected chi connectivity index (χ1v) is 19.7. The van der Waals surface area contributed by atoms with Gasteiger partial charge in [0.05, 0.1) is 9.79 Å². The highest BCUT2D eigenvalue weighted by Gasteiger charge is 2.34. The van der Waals surface area contributed by atoms with Crippen molar-refractivity contribution in [2.45, 2.75) is 82.5 Å². The summed E-state index contributed by atoms with van der Waals surface area (Å²) in [5.41, 5.74) is 2.58. The average Bonchev–Trinajstić information content (AvgIpc) is 2.99. The van der Waals surface area contributed by atoms with Crippen molar-refractivity contribution in [1.29, 1.82) is 0 Å². The van der Waals surface area contributed by atoms with Crippen LogP contribution >= 0.6 is 35.0 Å². The smallest absolute Gasteiger partial charge is 0.186 e. The summed E-state index contributed by atoms with van der Waals surface area (Å²) in [7, 11) is -7.72. The minimum Gasteiger partial charge on any atom is -0.223 e. The molecule has 0 aliphatic rings. The summed E-state index contributed by atoms with van der Waals surface area (Å²) in [5.74, 6) is -0.304. The number of halogens is 2. The van der Waals surface area contributed by atoms with Gasteiger partial charge >= 0.3 is 0 Å². The molecule has 0 fully saturated rings. The highest BCUT2D eigenvalue weighted by molar-refractivity contribution is 7.99. The molecule has 45 heavy (non-hydrogen) atoms. The van der Waals surface area contributed by atoms with Crippen molar-refractivity contribution in [3.63, 3.8) is 0 Å². The number of alkyl halides is 2. The van der Waals surface area contributed by atoms with Gasteiger partial charge < -0.3 is 0 Å². The summed E-state index contributed by atoms with van der Waals surface area (Å²) < 4.78 is 56.0. The molecule has 4 nitrogen and oxygen atoms in total. The van der Waals surface area contributed by atoms with Gasteiger partial charge in [-0.15, -0.1) is 23.2 Å². The molecule has 0 N–H and O–H groups in total. The van der Waals surface area contributed by atoms with Gasteiger partial charge in [-0.25, -0.2) is 16.8 Å². The standard InChI is InChI=1S/C36H40Cl2O4S3/c1-35(2,3)25-17-19-31(29(21-25)33(23-37)44(39,40)27-13-9-7-10-14-27)43-32-20-18-26(36(4,5)6)22-30(32)34(24-38)45(41,42)28-15-11-8-12-16-28/h7-22,33-34H,23-24H2,1-6H3. The molecular weight excluding hydrogens is 663 g/mol. The Balaban J connectivity index is 1.94. The van der Waals surface area contributed by atoms with Crippen molar-refractivity contribution in [2.75, 3.05) is 11.8 Å². The molecule has 0 bridgehead atoms. The van der Waals surface area contributed by atoms with E-state index >= 15 is 0 Å². The highest BCUT2D eigenvalue weighted by atomic mass is 35.5. The Hall–Kier alpha value is -2.29. The third-order valence-electron chi connectivity index (χ3n) is 7.84. The van der Waals surface area contributed by atoms with Crippen molar-refractivity contribution in [2.24, 2.45) is 0 Å². The zero-order chi connectivity index (χ0) is 33.2. The van der Waals surface area contributed by atoms with Crippen LogP contribution in [0, 0.1) is 0 Å². The molecular formula is C36H40Cl2O4S3. The summed E-state index contributed by atoms with van der Waals surface area (Å²) in [6.45, 7) is 12.4. The minimum absolute atomic E-state index is 0.152. The van der Waals surface area contributed by atoms with Gasteiger partial charge in [0.25, 0.3) is 0 Å². The third kappa shape index (κ3) is 7.82. The van der Waals surface area contributed by atoms with E-state index in [0.29, 0.717) is 20.9 Å². The van der Waals surface area contributed by atoms with Crippen LogP contribution < -0.4 is 0 Å². The van der Waals surface area contributed by atoms with Gasteiger partial charge in [0.2, 0.25) is 0 Å². The number of hydrogen-bond acceptors (Lipinski definition) is 5. The van der Waals surface area contributed by atoms with E-state index in [2.05, 4.69) is 41.5 Å². The maximum Gasteiger partial charge on any atom is 0.186 e. The Morgan fingerprint density at radius 3 is 1.18 bits per heavy atom. The molecule has 2 atom stereocenters. The number of rotatable bonds is 10. The molecule has 0 radical (unpaired) electrons. The Labute approximate surface area is 283 Å². The van der Waals surface area contributed by atoms with Gasteiger partial charge in [-0.05, 0) is 69.5 Å². The summed E-state index contributed by atoms with van der Waals surface area (Å²) in [4.78, 5) is 1.75. The molecule has 0 aromatic heterocycles. The maximum absolute atomic E-state index is 14.0. The maximum atomic E-state index is 14.0. The van der Waals surface area contributed by atoms with E-state index < -0.39 is 30.2 Å². The second-order valence-corrected chi connectivity index (χ2v) is 19.1. The second-order valence-electron chi connectivity index (χ2n) is 13.1. The molecule has 240 valence electrons. The lowest BCUT2D eigenvalue weighted by atomic mass is 9.86. The summed E-state index contributed by atoms with van der Waals surface area (Å²) in [5, 5.41) is -2.05. The molecule has 2 unspecified atom stereocenters. The van der Waals surface area contributed by atoms with Crippen LogP contribution in [0.5, 0.6) is 0 Å². The summed E-state index contributed by atoms with van der Waals surface area (Å²) >= 11 is 14.3. The molecule has 0 amide bonds. The first kappa shape index (κ1) is 35.6. The van der Waals surface area contributed by atoms with Crippen molar-refractivity contribution in [3.8, 4) is 0 Å². The predicted molar refractivity (Wildman–Crippen MR) is 189 cm³/mol. The van der Waals surface area contributed by atoms with Gasteiger partial charge in [0.1, 0.15) is 10.5 Å². The molecule has 0 heterocycles. The topological polar surface area (TPSA) is 68.3 Å². The lowest BCUT2D eigenvalue weighted by molar-refractivity contribution is 0.580. The second kappa shape index (κ2) is 13.8. The van der Waals surface area contributed by atoms with Crippen LogP contribution in [0.15, 0.2) is 117 Å². The molecule has 4 rings (SSSR count). The Morgan fingerprint density at radius 2 is 0.889 bits per heavy atom. The van der Waals surface area contributed by atoms with E-state index in [1.54, 1.807) is 60.7 Å². The average molecular weight is 704 g/mol. The van der Waals surface area contributed by atoms with Crippen molar-refractivity contribution in [1.82, 2.24) is 0 Å². The van der Waals surface area contributed by atoms with Crippen molar-refractivity contribution < 1.29 is 16.8 Å². The Morgan fingerprint density at radius 1 is 0.556 bits per heavy atom. The van der Waals surface area contributed by atoms with E-state index in [1.165, 1.54) is 11.8 Å². The Kier molecular flexibility index (Phi) is 10.9. The zero-order valence-corrected chi connectivity index (χ0v) is 30.4. The van der Waals surface area contributed by atoms with E-state index in [4.69, 9.17) is 23.2 Å². The van der Waals surface area contributed by atoms with E-state index in [9.17, 15) is 16.8 Å². The van der Waals surface area contributed by atoms with Crippen LogP contribution in [-0.2, 0) is 30.5 Å². The molecule has 9 heteroatoms. The van der Waals surface area contributed by atoms with Crippen LogP contribution in [0.1, 0.15) is 74.3 Å². The lowest BCUT2D eigenvalue weighted by Crippen LogP contribution is -2.19. The SMILES string of the molecule is CC(C)(C)c1ccc(Sc2ccc(C(C)(C)C)cc2C(CCl)S(=O)(=O)c2ccccc2)c(C(CCl)S(=O)(=O)c2ccccc2)c1. The summed E-state index contributed by atoms with van der Waals surface area (Å²) in [6, 6.07) is 28.3. The fourth-order valence-electron chi connectivity index (χ4n) is 5.05. The van der Waals surface area contributed by atoms with Gasteiger partial charge in [-0.3, -0.25) is 0 Å². The van der Waals surface area contributed by atoms with Gasteiger partial charge in [-0.2, -0.15) is 0 Å². The van der Waals surface area contributed by atoms with Crippen LogP contribution in [0.2, 0.25) is 0 Å². The Bertz CT molecular complexity index is 1710. The first-order valence-electron chi connectivity index (χ1n) is 14.7. The van der Waals surface area contributed by atoms with E-state index in [1.807, 2.05) is 36.4 Å². The van der Waals surface area contributed by atoms with Crippen LogP contribution in [0.3, 0.4) is 0 Å². The van der Waals surface area contributed by atoms with Gasteiger partial charge in [0.15, 0.2) is 19.7 Å². The van der Waals surface area contributed by atoms with Crippen LogP contribution in [0.25, 0.3) is 0 Å². The fourth-order valence-corrected chi connectivity index (χ4v) is 10.8. The minimum atomic E-state index is -3.86. The molecule has 4 aromatic carbocycles. The summed E-state index contributed by atoms with van der Waals surface area (Å²) in [6.07, 6.45) is 0. The van der Waals surface area contributed by atoms with Gasteiger partial charge in [0, 0.05) is 21.6 Å². The highest BCUT2D eigenvalue weighted by Crippen LogP contribution is 2.45. The normalized spacial score (nSPS) is 14.2. The number of sulfone groups is 2.